The SMILES string of the molecule is Cc1ccc(/C=N\NC(=O)c2ccc(-c3ccccc3)cc2)cc1. The van der Waals surface area contributed by atoms with Crippen LogP contribution in [0.3, 0.4) is 0 Å². The van der Waals surface area contributed by atoms with Gasteiger partial charge in [0.1, 0.15) is 0 Å². The van der Waals surface area contributed by atoms with Gasteiger partial charge in [-0.2, -0.15) is 5.10 Å². The average molecular weight is 314 g/mol. The van der Waals surface area contributed by atoms with Crippen LogP contribution in [0.5, 0.6) is 0 Å². The molecule has 3 aromatic carbocycles. The summed E-state index contributed by atoms with van der Waals surface area (Å²) in [6.07, 6.45) is 1.63. The Balaban J connectivity index is 1.64. The van der Waals surface area contributed by atoms with Crippen molar-refractivity contribution in [1.82, 2.24) is 5.43 Å². The first-order valence-corrected chi connectivity index (χ1v) is 7.78. The van der Waals surface area contributed by atoms with Gasteiger partial charge in [-0.05, 0) is 35.7 Å². The van der Waals surface area contributed by atoms with Crippen LogP contribution in [0.25, 0.3) is 11.1 Å². The van der Waals surface area contributed by atoms with Gasteiger partial charge in [0.2, 0.25) is 0 Å². The minimum atomic E-state index is -0.224. The number of carbonyl (C=O) groups excluding carboxylic acids is 1. The van der Waals surface area contributed by atoms with Crippen LogP contribution in [0, 0.1) is 6.92 Å². The van der Waals surface area contributed by atoms with Crippen LogP contribution in [0.4, 0.5) is 0 Å². The molecule has 0 spiro atoms. The fourth-order valence-corrected chi connectivity index (χ4v) is 2.33. The van der Waals surface area contributed by atoms with Crippen LogP contribution < -0.4 is 5.43 Å². The zero-order valence-corrected chi connectivity index (χ0v) is 13.4. The van der Waals surface area contributed by atoms with E-state index in [1.165, 1.54) is 5.56 Å². The molecule has 0 aliphatic rings. The third-order valence-electron chi connectivity index (χ3n) is 3.71. The quantitative estimate of drug-likeness (QED) is 0.562. The van der Waals surface area contributed by atoms with Gasteiger partial charge in [0.15, 0.2) is 0 Å². The number of benzene rings is 3. The fraction of sp³-hybridized carbons (Fsp3) is 0.0476. The second kappa shape index (κ2) is 7.38. The van der Waals surface area contributed by atoms with Crippen molar-refractivity contribution in [3.05, 3.63) is 95.6 Å². The summed E-state index contributed by atoms with van der Waals surface area (Å²) in [6.45, 7) is 2.03. The first-order chi connectivity index (χ1) is 11.7. The molecule has 0 fully saturated rings. The minimum Gasteiger partial charge on any atom is -0.267 e. The van der Waals surface area contributed by atoms with Gasteiger partial charge in [0.05, 0.1) is 6.21 Å². The van der Waals surface area contributed by atoms with E-state index < -0.39 is 0 Å². The smallest absolute Gasteiger partial charge is 0.267 e. The van der Waals surface area contributed by atoms with Crippen LogP contribution in [-0.2, 0) is 0 Å². The molecule has 3 heteroatoms. The van der Waals surface area contributed by atoms with Gasteiger partial charge in [-0.15, -0.1) is 0 Å². The molecule has 0 saturated heterocycles. The summed E-state index contributed by atoms with van der Waals surface area (Å²) < 4.78 is 0. The number of nitrogens with one attached hydrogen (secondary N) is 1. The summed E-state index contributed by atoms with van der Waals surface area (Å²) in [7, 11) is 0. The lowest BCUT2D eigenvalue weighted by Gasteiger charge is -2.03. The highest BCUT2D eigenvalue weighted by Crippen LogP contribution is 2.19. The molecule has 0 bridgehead atoms. The Kier molecular flexibility index (Phi) is 4.82. The Bertz CT molecular complexity index is 835. The third kappa shape index (κ3) is 3.96. The van der Waals surface area contributed by atoms with Crippen molar-refractivity contribution >= 4 is 12.1 Å². The second-order valence-corrected chi connectivity index (χ2v) is 5.55. The molecule has 3 nitrogen and oxygen atoms in total. The molecule has 0 atom stereocenters. The molecular formula is C21H18N2O. The van der Waals surface area contributed by atoms with Crippen molar-refractivity contribution in [2.45, 2.75) is 6.92 Å². The van der Waals surface area contributed by atoms with Gasteiger partial charge in [-0.3, -0.25) is 4.79 Å². The zero-order valence-electron chi connectivity index (χ0n) is 13.4. The maximum atomic E-state index is 12.1. The minimum absolute atomic E-state index is 0.224. The number of nitrogens with zero attached hydrogens (tertiary/aromatic N) is 1. The van der Waals surface area contributed by atoms with E-state index in [2.05, 4.69) is 10.5 Å². The van der Waals surface area contributed by atoms with E-state index in [1.54, 1.807) is 18.3 Å². The zero-order chi connectivity index (χ0) is 16.8. The van der Waals surface area contributed by atoms with Crippen molar-refractivity contribution < 1.29 is 4.79 Å². The van der Waals surface area contributed by atoms with Gasteiger partial charge in [-0.25, -0.2) is 5.43 Å². The van der Waals surface area contributed by atoms with Crippen molar-refractivity contribution in [3.8, 4) is 11.1 Å². The highest BCUT2D eigenvalue weighted by Gasteiger charge is 2.04. The molecule has 0 aromatic heterocycles. The maximum Gasteiger partial charge on any atom is 0.271 e. The summed E-state index contributed by atoms with van der Waals surface area (Å²) in [6, 6.07) is 25.5. The molecule has 3 rings (SSSR count). The van der Waals surface area contributed by atoms with Crippen molar-refractivity contribution in [3.63, 3.8) is 0 Å². The number of hydrogen-bond acceptors (Lipinski definition) is 2. The fourth-order valence-electron chi connectivity index (χ4n) is 2.33. The van der Waals surface area contributed by atoms with Gasteiger partial charge in [0, 0.05) is 5.56 Å². The highest BCUT2D eigenvalue weighted by molar-refractivity contribution is 5.95. The Hall–Kier alpha value is -3.20. The van der Waals surface area contributed by atoms with Crippen molar-refractivity contribution in [2.75, 3.05) is 0 Å². The standard InChI is InChI=1S/C21H18N2O/c1-16-7-9-17(10-8-16)15-22-23-21(24)20-13-11-19(12-14-20)18-5-3-2-4-6-18/h2-15H,1H3,(H,23,24)/b22-15-. The van der Waals surface area contributed by atoms with Gasteiger partial charge in [-0.1, -0.05) is 72.3 Å². The van der Waals surface area contributed by atoms with Crippen molar-refractivity contribution in [1.29, 1.82) is 0 Å². The monoisotopic (exact) mass is 314 g/mol. The van der Waals surface area contributed by atoms with Crippen molar-refractivity contribution in [2.24, 2.45) is 5.10 Å². The molecule has 0 radical (unpaired) electrons. The number of amides is 1. The predicted octanol–water partition coefficient (Wildman–Crippen LogP) is 4.43. The van der Waals surface area contributed by atoms with E-state index in [-0.39, 0.29) is 5.91 Å². The van der Waals surface area contributed by atoms with Crippen LogP contribution in [0.2, 0.25) is 0 Å². The molecule has 0 aliphatic carbocycles. The largest absolute Gasteiger partial charge is 0.271 e. The molecule has 0 aliphatic heterocycles. The Labute approximate surface area is 141 Å². The second-order valence-electron chi connectivity index (χ2n) is 5.55. The predicted molar refractivity (Wildman–Crippen MR) is 98.1 cm³/mol. The Morgan fingerprint density at radius 1 is 0.833 bits per heavy atom. The molecule has 1 N–H and O–H groups in total. The van der Waals surface area contributed by atoms with E-state index in [9.17, 15) is 4.79 Å². The van der Waals surface area contributed by atoms with Crippen LogP contribution >= 0.6 is 0 Å². The van der Waals surface area contributed by atoms with Gasteiger partial charge >= 0.3 is 0 Å². The molecule has 1 amide bonds. The number of rotatable bonds is 4. The van der Waals surface area contributed by atoms with E-state index in [0.717, 1.165) is 16.7 Å². The molecule has 0 heterocycles. The highest BCUT2D eigenvalue weighted by atomic mass is 16.2. The number of hydrazone groups is 1. The molecule has 0 saturated carbocycles. The van der Waals surface area contributed by atoms with Gasteiger partial charge < -0.3 is 0 Å². The summed E-state index contributed by atoms with van der Waals surface area (Å²) in [5.41, 5.74) is 7.47. The summed E-state index contributed by atoms with van der Waals surface area (Å²) in [5, 5.41) is 4.00. The summed E-state index contributed by atoms with van der Waals surface area (Å²) >= 11 is 0. The van der Waals surface area contributed by atoms with Gasteiger partial charge in [0.25, 0.3) is 5.91 Å². The average Bonchev–Trinajstić information content (AvgIpc) is 2.64. The Morgan fingerprint density at radius 2 is 1.46 bits per heavy atom. The first kappa shape index (κ1) is 15.7. The number of carbonyl (C=O) groups is 1. The lowest BCUT2D eigenvalue weighted by atomic mass is 10.0. The first-order valence-electron chi connectivity index (χ1n) is 7.78. The summed E-state index contributed by atoms with van der Waals surface area (Å²) in [5.74, 6) is -0.224. The topological polar surface area (TPSA) is 41.5 Å². The maximum absolute atomic E-state index is 12.1. The Morgan fingerprint density at radius 3 is 2.12 bits per heavy atom. The van der Waals surface area contributed by atoms with Crippen LogP contribution in [0.15, 0.2) is 84.0 Å². The van der Waals surface area contributed by atoms with E-state index in [4.69, 9.17) is 0 Å². The molecule has 0 unspecified atom stereocenters. The number of hydrogen-bond donors (Lipinski definition) is 1. The molecule has 118 valence electrons. The van der Waals surface area contributed by atoms with Crippen LogP contribution in [-0.4, -0.2) is 12.1 Å². The number of aryl methyl sites for hydroxylation is 1. The van der Waals surface area contributed by atoms with E-state index in [1.807, 2.05) is 73.7 Å². The lowest BCUT2D eigenvalue weighted by molar-refractivity contribution is 0.0955. The molecule has 3 aromatic rings. The van der Waals surface area contributed by atoms with Crippen LogP contribution in [0.1, 0.15) is 21.5 Å². The molecule has 24 heavy (non-hydrogen) atoms. The van der Waals surface area contributed by atoms with E-state index >= 15 is 0 Å². The summed E-state index contributed by atoms with van der Waals surface area (Å²) in [4.78, 5) is 12.1. The third-order valence-corrected chi connectivity index (χ3v) is 3.71. The molecular weight excluding hydrogens is 296 g/mol. The lowest BCUT2D eigenvalue weighted by Crippen LogP contribution is -2.17. The van der Waals surface area contributed by atoms with E-state index in [0.29, 0.717) is 5.56 Å². The normalized spacial score (nSPS) is 10.7.